The van der Waals surface area contributed by atoms with Crippen molar-refractivity contribution in [2.45, 2.75) is 119 Å². The predicted molar refractivity (Wildman–Crippen MR) is 171 cm³/mol. The van der Waals surface area contributed by atoms with Gasteiger partial charge in [0.2, 0.25) is 0 Å². The van der Waals surface area contributed by atoms with Crippen molar-refractivity contribution in [2.24, 2.45) is 45.7 Å². The smallest absolute Gasteiger partial charge is 0.491 e. The molecule has 0 bridgehead atoms. The second-order valence-electron chi connectivity index (χ2n) is 13.2. The summed E-state index contributed by atoms with van der Waals surface area (Å²) in [6, 6.07) is 1.21. The number of carbonyl (C=O) groups is 2. The third kappa shape index (κ3) is 15.2. The summed E-state index contributed by atoms with van der Waals surface area (Å²) in [5, 5.41) is 28.1. The molecule has 2 heterocycles. The minimum absolute atomic E-state index is 0. The van der Waals surface area contributed by atoms with Crippen molar-refractivity contribution in [1.29, 1.82) is 0 Å². The minimum atomic E-state index is -5.08. The van der Waals surface area contributed by atoms with E-state index in [-0.39, 0.29) is 20.4 Å². The molecule has 2 saturated carbocycles. The van der Waals surface area contributed by atoms with Crippen LogP contribution in [-0.4, -0.2) is 86.0 Å². The van der Waals surface area contributed by atoms with Crippen molar-refractivity contribution in [3.8, 4) is 0 Å². The third-order valence-corrected chi connectivity index (χ3v) is 8.83. The van der Waals surface area contributed by atoms with Gasteiger partial charge in [-0.15, -0.1) is 13.3 Å². The van der Waals surface area contributed by atoms with E-state index in [2.05, 4.69) is 98.7 Å². The van der Waals surface area contributed by atoms with Crippen LogP contribution in [0.5, 0.6) is 0 Å². The summed E-state index contributed by atoms with van der Waals surface area (Å²) in [5.74, 6) is 1.18. The number of carboxylic acid groups (broad SMARTS) is 2. The standard InChI is InChI=1S/2C14H26N3.C2HF3O2.C2H4O2.Pd/c2*1-5-16-9-15-17(10-16)14-8-12(4)6-7-13(14)11(2)3;3-2(4,5)1(6)7;1-2(3)4;/h2*9-14H,5-8H2,1-4H3;(H,6,7);1H3,(H,3,4);/q2*-1;;;+2/t12-,13+,14+;12-,13+,14-;;;/m11.../s1. The van der Waals surface area contributed by atoms with Crippen molar-refractivity contribution >= 4 is 24.6 Å². The quantitative estimate of drug-likeness (QED) is 0.220. The average Bonchev–Trinajstić information content (AvgIpc) is 3.62. The largest absolute Gasteiger partial charge is 2.00 e. The van der Waals surface area contributed by atoms with Crippen molar-refractivity contribution in [2.75, 3.05) is 13.1 Å². The van der Waals surface area contributed by atoms with Crippen LogP contribution < -0.4 is 0 Å². The van der Waals surface area contributed by atoms with Gasteiger partial charge in [0.1, 0.15) is 0 Å². The molecule has 0 amide bonds. The molecular formula is C32H57F3N6O4Pd. The van der Waals surface area contributed by atoms with Gasteiger partial charge in [-0.2, -0.15) is 13.2 Å². The van der Waals surface area contributed by atoms with Gasteiger partial charge in [0.25, 0.3) is 5.97 Å². The van der Waals surface area contributed by atoms with Crippen LogP contribution in [0.4, 0.5) is 13.2 Å². The zero-order valence-electron chi connectivity index (χ0n) is 28.9. The first-order valence-electron chi connectivity index (χ1n) is 16.3. The first-order chi connectivity index (χ1) is 20.9. The molecule has 0 saturated heterocycles. The van der Waals surface area contributed by atoms with Crippen molar-refractivity contribution in [3.63, 3.8) is 0 Å². The van der Waals surface area contributed by atoms with Crippen LogP contribution in [0.15, 0.2) is 10.2 Å². The molecule has 2 aliphatic heterocycles. The van der Waals surface area contributed by atoms with Crippen molar-refractivity contribution in [3.05, 3.63) is 13.3 Å². The van der Waals surface area contributed by atoms with Crippen molar-refractivity contribution < 1.29 is 53.4 Å². The molecule has 270 valence electrons. The topological polar surface area (TPSA) is 112 Å². The Bertz CT molecular complexity index is 895. The third-order valence-electron chi connectivity index (χ3n) is 8.83. The Morgan fingerprint density at radius 3 is 1.33 bits per heavy atom. The van der Waals surface area contributed by atoms with E-state index in [1.807, 2.05) is 12.7 Å². The summed E-state index contributed by atoms with van der Waals surface area (Å²) < 4.78 is 31.7. The monoisotopic (exact) mass is 752 g/mol. The molecule has 2 N–H and O–H groups in total. The molecule has 4 rings (SSSR count). The number of hydrogen-bond donors (Lipinski definition) is 2. The van der Waals surface area contributed by atoms with Crippen LogP contribution in [-0.2, 0) is 30.0 Å². The van der Waals surface area contributed by atoms with Gasteiger partial charge in [-0.25, -0.2) is 15.0 Å². The Hall–Kier alpha value is -2.07. The molecule has 2 fully saturated rings. The Labute approximate surface area is 288 Å². The number of hydrazone groups is 2. The van der Waals surface area contributed by atoms with Gasteiger partial charge in [-0.3, -0.25) is 4.79 Å². The summed E-state index contributed by atoms with van der Waals surface area (Å²) in [6.07, 6.45) is 6.88. The molecule has 0 aromatic rings. The molecule has 6 atom stereocenters. The zero-order valence-corrected chi connectivity index (χ0v) is 30.5. The second-order valence-corrected chi connectivity index (χ2v) is 13.2. The van der Waals surface area contributed by atoms with E-state index in [0.717, 1.165) is 55.5 Å². The first-order valence-corrected chi connectivity index (χ1v) is 16.3. The molecule has 0 aromatic carbocycles. The Kier molecular flexibility index (Phi) is 20.1. The molecule has 0 radical (unpaired) electrons. The Morgan fingerprint density at radius 2 is 1.11 bits per heavy atom. The van der Waals surface area contributed by atoms with Gasteiger partial charge in [0.05, 0.1) is 12.7 Å². The number of alkyl halides is 3. The van der Waals surface area contributed by atoms with Crippen molar-refractivity contribution in [1.82, 2.24) is 19.8 Å². The summed E-state index contributed by atoms with van der Waals surface area (Å²) in [5.41, 5.74) is 0. The number of carboxylic acids is 2. The number of nitrogens with zero attached hydrogens (tertiary/aromatic N) is 6. The van der Waals surface area contributed by atoms with Crippen LogP contribution in [0.2, 0.25) is 0 Å². The Balaban J connectivity index is 0.000000660. The van der Waals surface area contributed by atoms with E-state index in [4.69, 9.17) is 19.8 Å². The fourth-order valence-corrected chi connectivity index (χ4v) is 6.26. The molecule has 0 aromatic heterocycles. The van der Waals surface area contributed by atoms with Crippen LogP contribution in [0, 0.1) is 48.8 Å². The summed E-state index contributed by atoms with van der Waals surface area (Å²) in [4.78, 5) is 22.2. The zero-order chi connectivity index (χ0) is 34.5. The van der Waals surface area contributed by atoms with E-state index in [1.54, 1.807) is 0 Å². The van der Waals surface area contributed by atoms with Crippen LogP contribution >= 0.6 is 0 Å². The minimum Gasteiger partial charge on any atom is -0.491 e. The number of rotatable bonds is 6. The van der Waals surface area contributed by atoms with Gasteiger partial charge in [-0.1, -0.05) is 54.4 Å². The van der Waals surface area contributed by atoms with Gasteiger partial charge in [0, 0.05) is 19.0 Å². The molecule has 4 aliphatic rings. The normalized spacial score (nSPS) is 27.3. The molecule has 10 nitrogen and oxygen atoms in total. The molecule has 2 aliphatic carbocycles. The fraction of sp³-hybridized carbons (Fsp3) is 0.812. The summed E-state index contributed by atoms with van der Waals surface area (Å²) >= 11 is 0. The molecular weight excluding hydrogens is 696 g/mol. The predicted octanol–water partition coefficient (Wildman–Crippen LogP) is 7.02. The molecule has 0 spiro atoms. The van der Waals surface area contributed by atoms with Gasteiger partial charge < -0.3 is 30.0 Å². The number of aliphatic carboxylic acids is 2. The maximum Gasteiger partial charge on any atom is 2.00 e. The molecule has 46 heavy (non-hydrogen) atoms. The molecule has 0 unspecified atom stereocenters. The van der Waals surface area contributed by atoms with Crippen LogP contribution in [0.1, 0.15) is 101 Å². The van der Waals surface area contributed by atoms with Gasteiger partial charge >= 0.3 is 32.6 Å². The van der Waals surface area contributed by atoms with Gasteiger partial charge in [0.15, 0.2) is 0 Å². The van der Waals surface area contributed by atoms with E-state index in [9.17, 15) is 13.2 Å². The van der Waals surface area contributed by atoms with E-state index >= 15 is 0 Å². The summed E-state index contributed by atoms with van der Waals surface area (Å²) in [6.45, 7) is 25.9. The maximum absolute atomic E-state index is 10.6. The number of hydrogen-bond acceptors (Lipinski definition) is 8. The first kappa shape index (κ1) is 43.9. The van der Waals surface area contributed by atoms with E-state index in [0.29, 0.717) is 12.1 Å². The fourth-order valence-electron chi connectivity index (χ4n) is 6.26. The Morgan fingerprint density at radius 1 is 0.804 bits per heavy atom. The SMILES string of the molecule is CC(=O)O.CCN1C=NN([C@@H]2C[C@H](C)CC[C@H]2C(C)C)[CH-]1.CCN1C=NN([C@H]2C[C@H](C)CC[C@H]2C(C)C)[CH-]1.O=C(O)C(F)(F)F.[Pd+2]. The van der Waals surface area contributed by atoms with Crippen LogP contribution in [0.25, 0.3) is 0 Å². The maximum atomic E-state index is 10.6. The second kappa shape index (κ2) is 21.0. The van der Waals surface area contributed by atoms with Crippen LogP contribution in [0.3, 0.4) is 0 Å². The van der Waals surface area contributed by atoms with Gasteiger partial charge in [-0.05, 0) is 88.1 Å². The molecule has 14 heteroatoms. The van der Waals surface area contributed by atoms with E-state index in [1.165, 1.54) is 38.5 Å². The number of halogens is 3. The van der Waals surface area contributed by atoms with E-state index < -0.39 is 18.1 Å². The average molecular weight is 753 g/mol. The summed E-state index contributed by atoms with van der Waals surface area (Å²) in [7, 11) is 0.